The lowest BCUT2D eigenvalue weighted by molar-refractivity contribution is 0.0913. The number of benzene rings is 1. The first kappa shape index (κ1) is 20.3. The Balaban J connectivity index is 1.82. The lowest BCUT2D eigenvalue weighted by atomic mass is 9.91. The van der Waals surface area contributed by atoms with Crippen molar-refractivity contribution in [2.75, 3.05) is 10.6 Å². The summed E-state index contributed by atoms with van der Waals surface area (Å²) in [6.07, 6.45) is 2.60. The normalized spacial score (nSPS) is 12.4. The third kappa shape index (κ3) is 4.51. The molecule has 0 radical (unpaired) electrons. The van der Waals surface area contributed by atoms with Crippen molar-refractivity contribution in [2.45, 2.75) is 33.9 Å². The van der Waals surface area contributed by atoms with Crippen LogP contribution in [-0.4, -0.2) is 17.1 Å². The van der Waals surface area contributed by atoms with Gasteiger partial charge in [-0.3, -0.25) is 19.4 Å². The lowest BCUT2D eigenvalue weighted by Crippen LogP contribution is -2.51. The molecule has 0 fully saturated rings. The number of nitrogens with one attached hydrogen (secondary N) is 3. The summed E-state index contributed by atoms with van der Waals surface area (Å²) in [5, 5.41) is 8.90. The zero-order valence-corrected chi connectivity index (χ0v) is 16.9. The number of nitrogens with zero attached hydrogens (tertiary/aromatic N) is 1. The second kappa shape index (κ2) is 7.87. The molecule has 0 aliphatic carbocycles. The molecule has 0 bridgehead atoms. The van der Waals surface area contributed by atoms with Gasteiger partial charge in [0.05, 0.1) is 11.9 Å². The summed E-state index contributed by atoms with van der Waals surface area (Å²) in [6.45, 7) is 7.74. The van der Waals surface area contributed by atoms with Gasteiger partial charge < -0.3 is 16.0 Å². The number of carbonyl (C=O) groups excluding carboxylic acids is 1. The van der Waals surface area contributed by atoms with E-state index >= 15 is 0 Å². The third-order valence-corrected chi connectivity index (χ3v) is 4.59. The van der Waals surface area contributed by atoms with Crippen molar-refractivity contribution in [1.29, 1.82) is 0 Å². The molecule has 1 aromatic heterocycles. The van der Waals surface area contributed by atoms with Gasteiger partial charge >= 0.3 is 0 Å². The Labute approximate surface area is 168 Å². The van der Waals surface area contributed by atoms with E-state index in [0.717, 1.165) is 5.56 Å². The van der Waals surface area contributed by atoms with E-state index in [1.54, 1.807) is 36.7 Å². The first-order valence-electron chi connectivity index (χ1n) is 9.31. The molecular weight excluding hydrogens is 368 g/mol. The Hall–Kier alpha value is -3.48. The minimum atomic E-state index is -0.616. The number of hydrogen-bond acceptors (Lipinski definition) is 6. The summed E-state index contributed by atoms with van der Waals surface area (Å²) in [5.74, 6) is -0.266. The van der Waals surface area contributed by atoms with Crippen LogP contribution in [0.2, 0.25) is 0 Å². The number of aryl methyl sites for hydroxylation is 1. The molecule has 3 aromatic rings. The maximum atomic E-state index is 12.7. The molecule has 0 aliphatic rings. The van der Waals surface area contributed by atoms with Gasteiger partial charge in [-0.2, -0.15) is 0 Å². The number of amides is 1. The zero-order valence-electron chi connectivity index (χ0n) is 16.9. The molecule has 2 aromatic carbocycles. The van der Waals surface area contributed by atoms with Crippen LogP contribution in [0.15, 0.2) is 58.4 Å². The zero-order chi connectivity index (χ0) is 21.2. The van der Waals surface area contributed by atoms with Gasteiger partial charge in [-0.1, -0.05) is 38.5 Å². The molecule has 150 valence electrons. The highest BCUT2D eigenvalue weighted by Gasteiger charge is 2.31. The molecule has 3 rings (SSSR count). The Kier molecular flexibility index (Phi) is 5.50. The fraction of sp³-hybridized carbons (Fsp3) is 0.273. The molecule has 7 nitrogen and oxygen atoms in total. The van der Waals surface area contributed by atoms with Crippen molar-refractivity contribution >= 4 is 23.0 Å². The Morgan fingerprint density at radius 1 is 1.00 bits per heavy atom. The van der Waals surface area contributed by atoms with Crippen LogP contribution in [-0.2, 0) is 0 Å². The topological polar surface area (TPSA) is 100 Å². The van der Waals surface area contributed by atoms with Crippen LogP contribution in [0.25, 0.3) is 0 Å². The van der Waals surface area contributed by atoms with Crippen molar-refractivity contribution in [3.8, 4) is 0 Å². The minimum absolute atomic E-state index is 0.156. The number of rotatable bonds is 6. The molecule has 1 atom stereocenters. The van der Waals surface area contributed by atoms with Crippen LogP contribution in [0, 0.1) is 12.3 Å². The predicted molar refractivity (Wildman–Crippen MR) is 114 cm³/mol. The fourth-order valence-electron chi connectivity index (χ4n) is 2.76. The van der Waals surface area contributed by atoms with Gasteiger partial charge in [-0.25, -0.2) is 0 Å². The highest BCUT2D eigenvalue weighted by Crippen LogP contribution is 2.26. The van der Waals surface area contributed by atoms with Crippen LogP contribution in [0.5, 0.6) is 0 Å². The van der Waals surface area contributed by atoms with Gasteiger partial charge in [0.1, 0.15) is 17.5 Å². The maximum absolute atomic E-state index is 12.7. The van der Waals surface area contributed by atoms with E-state index in [1.807, 2.05) is 39.8 Å². The second-order valence-electron chi connectivity index (χ2n) is 8.06. The summed E-state index contributed by atoms with van der Waals surface area (Å²) in [5.41, 5.74) is 0.853. The Bertz CT molecular complexity index is 1080. The number of pyridine rings is 1. The maximum Gasteiger partial charge on any atom is 0.253 e. The molecule has 1 heterocycles. The standard InChI is InChI=1S/C22H24N4O3/c1-13-7-9-14(10-8-13)20(29)26-21(22(2,3)4)25-17-16(18(27)19(17)28)24-15-6-5-11-23-12-15/h5-12,21,24-25H,1-4H3,(H,26,29). The molecule has 1 unspecified atom stereocenters. The van der Waals surface area contributed by atoms with E-state index in [1.165, 1.54) is 0 Å². The van der Waals surface area contributed by atoms with Gasteiger partial charge in [-0.15, -0.1) is 0 Å². The average molecular weight is 392 g/mol. The quantitative estimate of drug-likeness (QED) is 0.441. The predicted octanol–water partition coefficient (Wildman–Crippen LogP) is 2.94. The summed E-state index contributed by atoms with van der Waals surface area (Å²) >= 11 is 0. The van der Waals surface area contributed by atoms with Crippen LogP contribution >= 0.6 is 0 Å². The van der Waals surface area contributed by atoms with Crippen molar-refractivity contribution in [3.63, 3.8) is 0 Å². The van der Waals surface area contributed by atoms with E-state index in [-0.39, 0.29) is 17.3 Å². The molecule has 0 spiro atoms. The van der Waals surface area contributed by atoms with Gasteiger partial charge in [0.2, 0.25) is 0 Å². The average Bonchev–Trinajstić information content (AvgIpc) is 2.69. The van der Waals surface area contributed by atoms with Crippen LogP contribution in [0.4, 0.5) is 17.1 Å². The number of aromatic nitrogens is 1. The van der Waals surface area contributed by atoms with Gasteiger partial charge in [0, 0.05) is 17.2 Å². The van der Waals surface area contributed by atoms with Crippen LogP contribution in [0.1, 0.15) is 36.7 Å². The largest absolute Gasteiger partial charge is 0.360 e. The van der Waals surface area contributed by atoms with Gasteiger partial charge in [0.15, 0.2) is 0 Å². The highest BCUT2D eigenvalue weighted by atomic mass is 16.2. The third-order valence-electron chi connectivity index (χ3n) is 4.59. The van der Waals surface area contributed by atoms with Crippen LogP contribution < -0.4 is 26.8 Å². The molecular formula is C22H24N4O3. The smallest absolute Gasteiger partial charge is 0.253 e. The van der Waals surface area contributed by atoms with E-state index in [4.69, 9.17) is 0 Å². The first-order chi connectivity index (χ1) is 13.7. The summed E-state index contributed by atoms with van der Waals surface area (Å²) in [6, 6.07) is 10.7. The first-order valence-corrected chi connectivity index (χ1v) is 9.31. The lowest BCUT2D eigenvalue weighted by Gasteiger charge is -2.33. The van der Waals surface area contributed by atoms with Crippen molar-refractivity contribution in [1.82, 2.24) is 10.3 Å². The van der Waals surface area contributed by atoms with Crippen molar-refractivity contribution < 1.29 is 4.79 Å². The molecule has 1 amide bonds. The van der Waals surface area contributed by atoms with E-state index in [0.29, 0.717) is 11.3 Å². The summed E-state index contributed by atoms with van der Waals surface area (Å²) in [7, 11) is 0. The van der Waals surface area contributed by atoms with Crippen molar-refractivity contribution in [3.05, 3.63) is 80.4 Å². The Morgan fingerprint density at radius 2 is 1.66 bits per heavy atom. The monoisotopic (exact) mass is 392 g/mol. The van der Waals surface area contributed by atoms with Crippen LogP contribution in [0.3, 0.4) is 0 Å². The SMILES string of the molecule is Cc1ccc(C(=O)NC(Nc2c(Nc3cccnc3)c(=O)c2=O)C(C)(C)C)cc1. The van der Waals surface area contributed by atoms with Gasteiger partial charge in [0.25, 0.3) is 16.8 Å². The molecule has 0 aliphatic heterocycles. The van der Waals surface area contributed by atoms with E-state index < -0.39 is 22.4 Å². The Morgan fingerprint density at radius 3 is 2.24 bits per heavy atom. The molecule has 0 saturated carbocycles. The summed E-state index contributed by atoms with van der Waals surface area (Å²) < 4.78 is 0. The highest BCUT2D eigenvalue weighted by molar-refractivity contribution is 5.94. The fourth-order valence-corrected chi connectivity index (χ4v) is 2.76. The minimum Gasteiger partial charge on any atom is -0.360 e. The molecule has 29 heavy (non-hydrogen) atoms. The number of hydrogen-bond donors (Lipinski definition) is 3. The molecule has 7 heteroatoms. The van der Waals surface area contributed by atoms with E-state index in [9.17, 15) is 14.4 Å². The summed E-state index contributed by atoms with van der Waals surface area (Å²) in [4.78, 5) is 40.9. The number of carbonyl (C=O) groups is 1. The molecule has 3 N–H and O–H groups in total. The van der Waals surface area contributed by atoms with Gasteiger partial charge in [-0.05, 0) is 31.2 Å². The molecule has 0 saturated heterocycles. The van der Waals surface area contributed by atoms with Crippen molar-refractivity contribution in [2.24, 2.45) is 5.41 Å². The van der Waals surface area contributed by atoms with E-state index in [2.05, 4.69) is 20.9 Å². The second-order valence-corrected chi connectivity index (χ2v) is 8.06. The number of anilines is 3.